The van der Waals surface area contributed by atoms with Crippen LogP contribution in [0, 0.1) is 11.8 Å². The summed E-state index contributed by atoms with van der Waals surface area (Å²) in [5.41, 5.74) is 4.30. The van der Waals surface area contributed by atoms with Gasteiger partial charge in [0.25, 0.3) is 0 Å². The second-order valence-corrected chi connectivity index (χ2v) is 6.82. The van der Waals surface area contributed by atoms with E-state index >= 15 is 0 Å². The number of hydrogen-bond donors (Lipinski definition) is 2. The van der Waals surface area contributed by atoms with Crippen LogP contribution in [0.25, 0.3) is 0 Å². The molecule has 112 valence electrons. The van der Waals surface area contributed by atoms with Crippen molar-refractivity contribution < 1.29 is 4.74 Å². The van der Waals surface area contributed by atoms with Crippen LogP contribution >= 0.6 is 15.9 Å². The van der Waals surface area contributed by atoms with Crippen LogP contribution in [0.5, 0.6) is 5.75 Å². The molecule has 0 heterocycles. The molecule has 0 aromatic heterocycles. The summed E-state index contributed by atoms with van der Waals surface area (Å²) in [6, 6.07) is 6.45. The summed E-state index contributed by atoms with van der Waals surface area (Å²) >= 11 is 3.63. The van der Waals surface area contributed by atoms with Crippen molar-refractivity contribution in [1.29, 1.82) is 0 Å². The normalized spacial score (nSPS) is 24.4. The van der Waals surface area contributed by atoms with Gasteiger partial charge in [-0.15, -0.1) is 0 Å². The van der Waals surface area contributed by atoms with Gasteiger partial charge in [-0.25, -0.2) is 0 Å². The SMILES string of the molecule is COc1ccc(Br)c(CC(NN)C2CCCC(C)C2)c1. The molecule has 20 heavy (non-hydrogen) atoms. The van der Waals surface area contributed by atoms with Crippen LogP contribution in [0.3, 0.4) is 0 Å². The molecule has 1 aliphatic carbocycles. The first-order valence-corrected chi connectivity index (χ1v) is 8.22. The van der Waals surface area contributed by atoms with Crippen LogP contribution in [0.15, 0.2) is 22.7 Å². The lowest BCUT2D eigenvalue weighted by Crippen LogP contribution is -2.44. The highest BCUT2D eigenvalue weighted by atomic mass is 79.9. The van der Waals surface area contributed by atoms with Gasteiger partial charge < -0.3 is 4.74 Å². The van der Waals surface area contributed by atoms with E-state index in [2.05, 4.69) is 34.3 Å². The van der Waals surface area contributed by atoms with Gasteiger partial charge in [0.2, 0.25) is 0 Å². The minimum atomic E-state index is 0.334. The fourth-order valence-corrected chi connectivity index (χ4v) is 3.69. The Hall–Kier alpha value is -0.580. The lowest BCUT2D eigenvalue weighted by Gasteiger charge is -2.33. The minimum Gasteiger partial charge on any atom is -0.497 e. The molecule has 0 saturated heterocycles. The fraction of sp³-hybridized carbons (Fsp3) is 0.625. The van der Waals surface area contributed by atoms with E-state index in [1.165, 1.54) is 31.2 Å². The molecule has 3 nitrogen and oxygen atoms in total. The van der Waals surface area contributed by atoms with Gasteiger partial charge in [0.05, 0.1) is 7.11 Å². The summed E-state index contributed by atoms with van der Waals surface area (Å²) in [4.78, 5) is 0. The van der Waals surface area contributed by atoms with Crippen LogP contribution in [0.2, 0.25) is 0 Å². The number of hydrazine groups is 1. The zero-order valence-electron chi connectivity index (χ0n) is 12.4. The molecular formula is C16H25BrN2O. The molecule has 0 spiro atoms. The second-order valence-electron chi connectivity index (χ2n) is 5.97. The molecule has 2 rings (SSSR count). The Kier molecular flexibility index (Phi) is 5.87. The van der Waals surface area contributed by atoms with E-state index < -0.39 is 0 Å². The summed E-state index contributed by atoms with van der Waals surface area (Å²) in [5, 5.41) is 0. The third-order valence-electron chi connectivity index (χ3n) is 4.45. The van der Waals surface area contributed by atoms with Crippen LogP contribution in [-0.4, -0.2) is 13.2 Å². The third-order valence-corrected chi connectivity index (χ3v) is 5.23. The van der Waals surface area contributed by atoms with Crippen molar-refractivity contribution in [3.05, 3.63) is 28.2 Å². The van der Waals surface area contributed by atoms with Crippen LogP contribution in [-0.2, 0) is 6.42 Å². The molecule has 0 aliphatic heterocycles. The number of nitrogens with two attached hydrogens (primary N) is 1. The number of nitrogens with one attached hydrogen (secondary N) is 1. The Bertz CT molecular complexity index is 438. The van der Waals surface area contributed by atoms with Crippen molar-refractivity contribution in [2.45, 2.75) is 45.1 Å². The van der Waals surface area contributed by atoms with E-state index in [0.717, 1.165) is 22.6 Å². The smallest absolute Gasteiger partial charge is 0.119 e. The minimum absolute atomic E-state index is 0.334. The average molecular weight is 341 g/mol. The van der Waals surface area contributed by atoms with Gasteiger partial charge in [-0.2, -0.15) is 0 Å². The van der Waals surface area contributed by atoms with Crippen molar-refractivity contribution in [2.24, 2.45) is 17.7 Å². The molecular weight excluding hydrogens is 316 g/mol. The molecule has 3 atom stereocenters. The van der Waals surface area contributed by atoms with E-state index in [9.17, 15) is 0 Å². The number of methoxy groups -OCH3 is 1. The molecule has 0 amide bonds. The largest absolute Gasteiger partial charge is 0.497 e. The summed E-state index contributed by atoms with van der Waals surface area (Å²) in [6.45, 7) is 2.35. The summed E-state index contributed by atoms with van der Waals surface area (Å²) < 4.78 is 6.44. The number of benzene rings is 1. The van der Waals surface area contributed by atoms with Gasteiger partial charge in [-0.1, -0.05) is 35.7 Å². The first-order valence-electron chi connectivity index (χ1n) is 7.42. The van der Waals surface area contributed by atoms with Crippen molar-refractivity contribution in [2.75, 3.05) is 7.11 Å². The summed E-state index contributed by atoms with van der Waals surface area (Å²) in [6.07, 6.45) is 6.17. The number of ether oxygens (including phenoxy) is 1. The lowest BCUT2D eigenvalue weighted by molar-refractivity contribution is 0.221. The maximum atomic E-state index is 5.82. The highest BCUT2D eigenvalue weighted by Crippen LogP contribution is 2.33. The summed E-state index contributed by atoms with van der Waals surface area (Å²) in [7, 11) is 1.70. The zero-order valence-corrected chi connectivity index (χ0v) is 13.9. The monoisotopic (exact) mass is 340 g/mol. The van der Waals surface area contributed by atoms with Gasteiger partial charge in [0.15, 0.2) is 0 Å². The van der Waals surface area contributed by atoms with Gasteiger partial charge in [0, 0.05) is 10.5 Å². The van der Waals surface area contributed by atoms with E-state index in [-0.39, 0.29) is 0 Å². The Morgan fingerprint density at radius 1 is 1.45 bits per heavy atom. The van der Waals surface area contributed by atoms with E-state index in [4.69, 9.17) is 10.6 Å². The number of hydrogen-bond acceptors (Lipinski definition) is 3. The van der Waals surface area contributed by atoms with Crippen molar-refractivity contribution in [3.8, 4) is 5.75 Å². The standard InChI is InChI=1S/C16H25BrN2O/c1-11-4-3-5-12(8-11)16(19-18)10-13-9-14(20-2)6-7-15(13)17/h6-7,9,11-12,16,19H,3-5,8,10,18H2,1-2H3. The molecule has 1 saturated carbocycles. The Morgan fingerprint density at radius 2 is 2.25 bits per heavy atom. The summed E-state index contributed by atoms with van der Waals surface area (Å²) in [5.74, 6) is 8.21. The predicted molar refractivity (Wildman–Crippen MR) is 86.6 cm³/mol. The third kappa shape index (κ3) is 3.96. The molecule has 3 unspecified atom stereocenters. The lowest BCUT2D eigenvalue weighted by atomic mass is 9.77. The molecule has 0 radical (unpaired) electrons. The van der Waals surface area contributed by atoms with Crippen molar-refractivity contribution in [1.82, 2.24) is 5.43 Å². The topological polar surface area (TPSA) is 47.3 Å². The fourth-order valence-electron chi connectivity index (χ4n) is 3.28. The van der Waals surface area contributed by atoms with Crippen molar-refractivity contribution >= 4 is 15.9 Å². The highest BCUT2D eigenvalue weighted by Gasteiger charge is 2.26. The van der Waals surface area contributed by atoms with Crippen LogP contribution in [0.4, 0.5) is 0 Å². The quantitative estimate of drug-likeness (QED) is 0.635. The molecule has 1 aromatic carbocycles. The zero-order chi connectivity index (χ0) is 14.5. The van der Waals surface area contributed by atoms with E-state index in [1.54, 1.807) is 7.11 Å². The first kappa shape index (κ1) is 15.8. The van der Waals surface area contributed by atoms with Gasteiger partial charge in [-0.05, 0) is 54.9 Å². The van der Waals surface area contributed by atoms with Crippen LogP contribution < -0.4 is 16.0 Å². The maximum absolute atomic E-state index is 5.82. The average Bonchev–Trinajstić information content (AvgIpc) is 2.46. The van der Waals surface area contributed by atoms with E-state index in [1.807, 2.05) is 12.1 Å². The molecule has 4 heteroatoms. The second kappa shape index (κ2) is 7.43. The molecule has 1 aliphatic rings. The first-order chi connectivity index (χ1) is 9.63. The number of halogens is 1. The Morgan fingerprint density at radius 3 is 2.90 bits per heavy atom. The Balaban J connectivity index is 2.09. The van der Waals surface area contributed by atoms with Gasteiger partial charge in [0.1, 0.15) is 5.75 Å². The Labute approximate surface area is 130 Å². The van der Waals surface area contributed by atoms with Crippen LogP contribution in [0.1, 0.15) is 38.2 Å². The highest BCUT2D eigenvalue weighted by molar-refractivity contribution is 9.10. The maximum Gasteiger partial charge on any atom is 0.119 e. The molecule has 1 aromatic rings. The molecule has 3 N–H and O–H groups in total. The molecule has 1 fully saturated rings. The van der Waals surface area contributed by atoms with E-state index in [0.29, 0.717) is 12.0 Å². The molecule has 0 bridgehead atoms. The van der Waals surface area contributed by atoms with Gasteiger partial charge >= 0.3 is 0 Å². The van der Waals surface area contributed by atoms with Gasteiger partial charge in [-0.3, -0.25) is 11.3 Å². The van der Waals surface area contributed by atoms with Crippen molar-refractivity contribution in [3.63, 3.8) is 0 Å². The predicted octanol–water partition coefficient (Wildman–Crippen LogP) is 3.66. The number of rotatable bonds is 5.